The monoisotopic (exact) mass is 266 g/mol. The van der Waals surface area contributed by atoms with Crippen molar-refractivity contribution >= 4 is 22.4 Å². The summed E-state index contributed by atoms with van der Waals surface area (Å²) in [6.07, 6.45) is 3.64. The fraction of sp³-hybridized carbons (Fsp3) is 0.364. The highest BCUT2D eigenvalue weighted by Gasteiger charge is 2.15. The van der Waals surface area contributed by atoms with E-state index in [0.717, 1.165) is 11.7 Å². The minimum absolute atomic E-state index is 0.342. The van der Waals surface area contributed by atoms with Gasteiger partial charge in [0.15, 0.2) is 5.13 Å². The first-order chi connectivity index (χ1) is 8.70. The van der Waals surface area contributed by atoms with Gasteiger partial charge in [-0.1, -0.05) is 11.3 Å². The molecule has 6 nitrogen and oxygen atoms in total. The molecule has 1 N–H and O–H groups in total. The van der Waals surface area contributed by atoms with Crippen molar-refractivity contribution in [3.63, 3.8) is 0 Å². The zero-order valence-electron chi connectivity index (χ0n) is 10.2. The molecule has 0 aliphatic heterocycles. The average molecular weight is 266 g/mol. The first-order valence-corrected chi connectivity index (χ1v) is 6.29. The molecule has 0 aliphatic rings. The Bertz CT molecular complexity index is 521. The van der Waals surface area contributed by atoms with E-state index in [1.165, 1.54) is 18.4 Å². The number of aryl methyl sites for hydroxylation is 1. The van der Waals surface area contributed by atoms with Crippen LogP contribution in [0.3, 0.4) is 0 Å². The number of rotatable bonds is 5. The minimum atomic E-state index is -0.342. The SMILES string of the molecule is COC(=O)c1sc(NCCn2cccn2)nc1C. The maximum Gasteiger partial charge on any atom is 0.350 e. The molecule has 0 fully saturated rings. The second-order valence-electron chi connectivity index (χ2n) is 3.62. The van der Waals surface area contributed by atoms with E-state index >= 15 is 0 Å². The Morgan fingerprint density at radius 1 is 1.61 bits per heavy atom. The first-order valence-electron chi connectivity index (χ1n) is 5.47. The molecule has 0 unspecified atom stereocenters. The van der Waals surface area contributed by atoms with E-state index in [4.69, 9.17) is 0 Å². The van der Waals surface area contributed by atoms with E-state index in [2.05, 4.69) is 20.1 Å². The van der Waals surface area contributed by atoms with Crippen LogP contribution in [0.15, 0.2) is 18.5 Å². The molecule has 2 heterocycles. The third kappa shape index (κ3) is 2.86. The predicted molar refractivity (Wildman–Crippen MR) is 68.9 cm³/mol. The summed E-state index contributed by atoms with van der Waals surface area (Å²) < 4.78 is 6.51. The van der Waals surface area contributed by atoms with Crippen LogP contribution >= 0.6 is 11.3 Å². The summed E-state index contributed by atoms with van der Waals surface area (Å²) in [5, 5.41) is 7.98. The van der Waals surface area contributed by atoms with Gasteiger partial charge in [-0.3, -0.25) is 4.68 Å². The van der Waals surface area contributed by atoms with Gasteiger partial charge in [-0.2, -0.15) is 5.10 Å². The van der Waals surface area contributed by atoms with Crippen LogP contribution in [0.5, 0.6) is 0 Å². The molecular formula is C11H14N4O2S. The van der Waals surface area contributed by atoms with Crippen LogP contribution < -0.4 is 5.32 Å². The number of nitrogens with zero attached hydrogens (tertiary/aromatic N) is 3. The summed E-state index contributed by atoms with van der Waals surface area (Å²) >= 11 is 1.30. The van der Waals surface area contributed by atoms with Gasteiger partial charge in [0.25, 0.3) is 0 Å². The number of nitrogens with one attached hydrogen (secondary N) is 1. The molecule has 0 bridgehead atoms. The first kappa shape index (κ1) is 12.6. The van der Waals surface area contributed by atoms with Crippen LogP contribution in [0.1, 0.15) is 15.4 Å². The molecule has 7 heteroatoms. The Morgan fingerprint density at radius 2 is 2.44 bits per heavy atom. The topological polar surface area (TPSA) is 69.0 Å². The van der Waals surface area contributed by atoms with Gasteiger partial charge in [-0.15, -0.1) is 0 Å². The van der Waals surface area contributed by atoms with Crippen LogP contribution in [-0.2, 0) is 11.3 Å². The number of carbonyl (C=O) groups excluding carboxylic acids is 1. The number of carbonyl (C=O) groups is 1. The maximum absolute atomic E-state index is 11.4. The Balaban J connectivity index is 1.92. The lowest BCUT2D eigenvalue weighted by Crippen LogP contribution is -2.10. The van der Waals surface area contributed by atoms with Crippen molar-refractivity contribution in [2.75, 3.05) is 19.0 Å². The van der Waals surface area contributed by atoms with Gasteiger partial charge in [0.1, 0.15) is 4.88 Å². The molecule has 2 aromatic heterocycles. The summed E-state index contributed by atoms with van der Waals surface area (Å²) in [7, 11) is 1.37. The van der Waals surface area contributed by atoms with E-state index in [1.54, 1.807) is 13.1 Å². The molecule has 2 aromatic rings. The summed E-state index contributed by atoms with van der Waals surface area (Å²) in [5.41, 5.74) is 0.688. The lowest BCUT2D eigenvalue weighted by atomic mass is 10.4. The molecule has 0 saturated heterocycles. The molecule has 2 rings (SSSR count). The molecule has 0 saturated carbocycles. The van der Waals surface area contributed by atoms with Gasteiger partial charge in [0.2, 0.25) is 0 Å². The second kappa shape index (κ2) is 5.63. The van der Waals surface area contributed by atoms with Crippen LogP contribution in [0.4, 0.5) is 5.13 Å². The number of hydrogen-bond acceptors (Lipinski definition) is 6. The lowest BCUT2D eigenvalue weighted by molar-refractivity contribution is 0.0605. The Hall–Kier alpha value is -1.89. The van der Waals surface area contributed by atoms with E-state index in [0.29, 0.717) is 17.1 Å². The van der Waals surface area contributed by atoms with Crippen molar-refractivity contribution in [3.05, 3.63) is 29.0 Å². The summed E-state index contributed by atoms with van der Waals surface area (Å²) in [6, 6.07) is 1.88. The molecule has 0 aliphatic carbocycles. The number of methoxy groups -OCH3 is 1. The van der Waals surface area contributed by atoms with Crippen molar-refractivity contribution in [2.45, 2.75) is 13.5 Å². The third-order valence-electron chi connectivity index (χ3n) is 2.34. The molecule has 96 valence electrons. The number of hydrogen-bond donors (Lipinski definition) is 1. The predicted octanol–water partition coefficient (Wildman–Crippen LogP) is 1.55. The highest BCUT2D eigenvalue weighted by Crippen LogP contribution is 2.22. The van der Waals surface area contributed by atoms with Crippen molar-refractivity contribution in [1.82, 2.24) is 14.8 Å². The number of ether oxygens (including phenoxy) is 1. The lowest BCUT2D eigenvalue weighted by Gasteiger charge is -2.02. The van der Waals surface area contributed by atoms with Gasteiger partial charge in [-0.05, 0) is 13.0 Å². The van der Waals surface area contributed by atoms with Gasteiger partial charge >= 0.3 is 5.97 Å². The number of thiazole rings is 1. The Morgan fingerprint density at radius 3 is 3.11 bits per heavy atom. The molecule has 0 atom stereocenters. The van der Waals surface area contributed by atoms with E-state index in [9.17, 15) is 4.79 Å². The van der Waals surface area contributed by atoms with E-state index < -0.39 is 0 Å². The van der Waals surface area contributed by atoms with Gasteiger partial charge in [0.05, 0.1) is 19.3 Å². The third-order valence-corrected chi connectivity index (χ3v) is 3.44. The van der Waals surface area contributed by atoms with Crippen molar-refractivity contribution in [2.24, 2.45) is 0 Å². The highest BCUT2D eigenvalue weighted by molar-refractivity contribution is 7.17. The maximum atomic E-state index is 11.4. The van der Waals surface area contributed by atoms with E-state index in [1.807, 2.05) is 16.9 Å². The average Bonchev–Trinajstić information content (AvgIpc) is 2.98. The van der Waals surface area contributed by atoms with Crippen LogP contribution in [0.25, 0.3) is 0 Å². The van der Waals surface area contributed by atoms with Gasteiger partial charge in [-0.25, -0.2) is 9.78 Å². The van der Waals surface area contributed by atoms with Gasteiger partial charge < -0.3 is 10.1 Å². The van der Waals surface area contributed by atoms with Crippen LogP contribution in [0, 0.1) is 6.92 Å². The van der Waals surface area contributed by atoms with Gasteiger partial charge in [0, 0.05) is 18.9 Å². The van der Waals surface area contributed by atoms with Crippen molar-refractivity contribution in [1.29, 1.82) is 0 Å². The minimum Gasteiger partial charge on any atom is -0.465 e. The van der Waals surface area contributed by atoms with Crippen molar-refractivity contribution < 1.29 is 9.53 Å². The second-order valence-corrected chi connectivity index (χ2v) is 4.62. The normalized spacial score (nSPS) is 10.3. The Kier molecular flexibility index (Phi) is 3.93. The molecule has 0 spiro atoms. The van der Waals surface area contributed by atoms with E-state index in [-0.39, 0.29) is 5.97 Å². The number of aromatic nitrogens is 3. The largest absolute Gasteiger partial charge is 0.465 e. The summed E-state index contributed by atoms with van der Waals surface area (Å²) in [4.78, 5) is 16.2. The molecule has 0 aromatic carbocycles. The molecule has 18 heavy (non-hydrogen) atoms. The Labute approximate surface area is 109 Å². The molecular weight excluding hydrogens is 252 g/mol. The van der Waals surface area contributed by atoms with Crippen LogP contribution in [0.2, 0.25) is 0 Å². The smallest absolute Gasteiger partial charge is 0.350 e. The molecule has 0 radical (unpaired) electrons. The fourth-order valence-electron chi connectivity index (χ4n) is 1.46. The fourth-order valence-corrected chi connectivity index (χ4v) is 2.37. The standard InChI is InChI=1S/C11H14N4O2S/c1-8-9(10(16)17-2)18-11(14-8)12-5-7-15-6-3-4-13-15/h3-4,6H,5,7H2,1-2H3,(H,12,14). The number of esters is 1. The zero-order chi connectivity index (χ0) is 13.0. The number of anilines is 1. The van der Waals surface area contributed by atoms with Crippen molar-refractivity contribution in [3.8, 4) is 0 Å². The zero-order valence-corrected chi connectivity index (χ0v) is 11.0. The molecule has 0 amide bonds. The summed E-state index contributed by atoms with van der Waals surface area (Å²) in [5.74, 6) is -0.342. The highest BCUT2D eigenvalue weighted by atomic mass is 32.1. The van der Waals surface area contributed by atoms with Crippen LogP contribution in [-0.4, -0.2) is 34.4 Å². The summed E-state index contributed by atoms with van der Waals surface area (Å²) in [6.45, 7) is 3.25. The quantitative estimate of drug-likeness (QED) is 0.831.